The van der Waals surface area contributed by atoms with Crippen LogP contribution in [-0.4, -0.2) is 28.9 Å². The van der Waals surface area contributed by atoms with Gasteiger partial charge in [-0.15, -0.1) is 0 Å². The van der Waals surface area contributed by atoms with Crippen molar-refractivity contribution in [3.05, 3.63) is 0 Å². The van der Waals surface area contributed by atoms with Crippen molar-refractivity contribution in [1.82, 2.24) is 10.2 Å². The average Bonchev–Trinajstić information content (AvgIpc) is 2.36. The third-order valence-electron chi connectivity index (χ3n) is 2.89. The van der Waals surface area contributed by atoms with E-state index in [1.165, 1.54) is 0 Å². The quantitative estimate of drug-likeness (QED) is 0.668. The molecule has 0 aromatic carbocycles. The van der Waals surface area contributed by atoms with E-state index in [-0.39, 0.29) is 11.9 Å². The minimum atomic E-state index is -0.591. The van der Waals surface area contributed by atoms with Crippen LogP contribution in [0.4, 0.5) is 4.79 Å². The summed E-state index contributed by atoms with van der Waals surface area (Å²) in [7, 11) is 0. The molecule has 1 aliphatic heterocycles. The number of carbonyl (C=O) groups excluding carboxylic acids is 2. The van der Waals surface area contributed by atoms with Gasteiger partial charge in [0.15, 0.2) is 0 Å². The lowest BCUT2D eigenvalue weighted by Crippen LogP contribution is -2.48. The van der Waals surface area contributed by atoms with Crippen molar-refractivity contribution in [2.75, 3.05) is 6.54 Å². The molecule has 0 saturated carbocycles. The van der Waals surface area contributed by atoms with E-state index in [9.17, 15) is 9.59 Å². The summed E-state index contributed by atoms with van der Waals surface area (Å²) >= 11 is 0. The molecular weight excluding hydrogens is 168 g/mol. The van der Waals surface area contributed by atoms with Gasteiger partial charge in [0.25, 0.3) is 5.91 Å². The molecule has 1 fully saturated rings. The first kappa shape index (κ1) is 10.0. The van der Waals surface area contributed by atoms with Gasteiger partial charge in [0.2, 0.25) is 0 Å². The fourth-order valence-corrected chi connectivity index (χ4v) is 2.00. The van der Waals surface area contributed by atoms with E-state index >= 15 is 0 Å². The van der Waals surface area contributed by atoms with Crippen LogP contribution in [0, 0.1) is 0 Å². The molecule has 4 nitrogen and oxygen atoms in total. The molecule has 0 unspecified atom stereocenters. The SMILES string of the molecule is CCN1C(=O)NC(=O)C1(CC)CC. The molecule has 74 valence electrons. The van der Waals surface area contributed by atoms with Crippen LogP contribution in [0.2, 0.25) is 0 Å². The lowest BCUT2D eigenvalue weighted by molar-refractivity contribution is -0.127. The highest BCUT2D eigenvalue weighted by Gasteiger charge is 2.49. The molecule has 0 aromatic heterocycles. The number of imide groups is 1. The Balaban J connectivity index is 3.03. The van der Waals surface area contributed by atoms with Crippen molar-refractivity contribution in [3.63, 3.8) is 0 Å². The van der Waals surface area contributed by atoms with E-state index < -0.39 is 5.54 Å². The van der Waals surface area contributed by atoms with Crippen molar-refractivity contribution in [1.29, 1.82) is 0 Å². The minimum absolute atomic E-state index is 0.149. The standard InChI is InChI=1S/C9H16N2O2/c1-4-9(5-2)7(12)10-8(13)11(9)6-3/h4-6H2,1-3H3,(H,10,12,13). The molecule has 0 atom stereocenters. The topological polar surface area (TPSA) is 49.4 Å². The number of likely N-dealkylation sites (N-methyl/N-ethyl adjacent to an activating group) is 1. The predicted octanol–water partition coefficient (Wildman–Crippen LogP) is 1.12. The Morgan fingerprint density at radius 1 is 1.23 bits per heavy atom. The third-order valence-corrected chi connectivity index (χ3v) is 2.89. The monoisotopic (exact) mass is 184 g/mol. The molecule has 0 radical (unpaired) electrons. The maximum atomic E-state index is 11.6. The minimum Gasteiger partial charge on any atom is -0.310 e. The van der Waals surface area contributed by atoms with Crippen LogP contribution in [0.1, 0.15) is 33.6 Å². The number of carbonyl (C=O) groups is 2. The highest BCUT2D eigenvalue weighted by molar-refractivity contribution is 6.06. The van der Waals surface area contributed by atoms with Gasteiger partial charge in [-0.25, -0.2) is 4.79 Å². The summed E-state index contributed by atoms with van der Waals surface area (Å²) in [6.07, 6.45) is 1.35. The maximum Gasteiger partial charge on any atom is 0.325 e. The molecule has 13 heavy (non-hydrogen) atoms. The second-order valence-electron chi connectivity index (χ2n) is 3.24. The number of hydrogen-bond acceptors (Lipinski definition) is 2. The summed E-state index contributed by atoms with van der Waals surface area (Å²) in [5, 5.41) is 2.36. The van der Waals surface area contributed by atoms with Gasteiger partial charge in [-0.3, -0.25) is 10.1 Å². The number of nitrogens with zero attached hydrogens (tertiary/aromatic N) is 1. The van der Waals surface area contributed by atoms with Crippen LogP contribution in [-0.2, 0) is 4.79 Å². The normalized spacial score (nSPS) is 20.7. The van der Waals surface area contributed by atoms with Crippen molar-refractivity contribution < 1.29 is 9.59 Å². The van der Waals surface area contributed by atoms with Crippen LogP contribution in [0.25, 0.3) is 0 Å². The zero-order chi connectivity index (χ0) is 10.1. The summed E-state index contributed by atoms with van der Waals surface area (Å²) in [5.41, 5.74) is -0.591. The lowest BCUT2D eigenvalue weighted by Gasteiger charge is -2.32. The highest BCUT2D eigenvalue weighted by Crippen LogP contribution is 2.28. The fourth-order valence-electron chi connectivity index (χ4n) is 2.00. The summed E-state index contributed by atoms with van der Waals surface area (Å²) in [6, 6.07) is -0.254. The molecule has 1 N–H and O–H groups in total. The Hall–Kier alpha value is -1.06. The Labute approximate surface area is 78.3 Å². The van der Waals surface area contributed by atoms with E-state index in [0.717, 1.165) is 0 Å². The highest BCUT2D eigenvalue weighted by atomic mass is 16.2. The Kier molecular flexibility index (Phi) is 2.59. The lowest BCUT2D eigenvalue weighted by atomic mass is 9.91. The number of hydrogen-bond donors (Lipinski definition) is 1. The van der Waals surface area contributed by atoms with Gasteiger partial charge in [-0.2, -0.15) is 0 Å². The van der Waals surface area contributed by atoms with Crippen molar-refractivity contribution in [2.24, 2.45) is 0 Å². The number of amides is 3. The van der Waals surface area contributed by atoms with Crippen molar-refractivity contribution in [3.8, 4) is 0 Å². The molecule has 0 spiro atoms. The largest absolute Gasteiger partial charge is 0.325 e. The van der Waals surface area contributed by atoms with Crippen LogP contribution in [0.5, 0.6) is 0 Å². The summed E-state index contributed by atoms with van der Waals surface area (Å²) in [4.78, 5) is 24.5. The van der Waals surface area contributed by atoms with Gasteiger partial charge in [-0.1, -0.05) is 13.8 Å². The molecule has 4 heteroatoms. The first-order chi connectivity index (χ1) is 6.12. The fraction of sp³-hybridized carbons (Fsp3) is 0.778. The summed E-state index contributed by atoms with van der Waals surface area (Å²) in [5.74, 6) is -0.149. The maximum absolute atomic E-state index is 11.6. The smallest absolute Gasteiger partial charge is 0.310 e. The summed E-state index contributed by atoms with van der Waals surface area (Å²) < 4.78 is 0. The van der Waals surface area contributed by atoms with Gasteiger partial charge >= 0.3 is 6.03 Å². The van der Waals surface area contributed by atoms with E-state index in [0.29, 0.717) is 19.4 Å². The molecule has 3 amide bonds. The van der Waals surface area contributed by atoms with Gasteiger partial charge in [0.05, 0.1) is 0 Å². The Bertz CT molecular complexity index is 234. The predicted molar refractivity (Wildman–Crippen MR) is 49.2 cm³/mol. The molecule has 0 aromatic rings. The van der Waals surface area contributed by atoms with Gasteiger partial charge in [0.1, 0.15) is 5.54 Å². The van der Waals surface area contributed by atoms with Crippen LogP contribution < -0.4 is 5.32 Å². The second-order valence-corrected chi connectivity index (χ2v) is 3.24. The Morgan fingerprint density at radius 2 is 1.77 bits per heavy atom. The number of urea groups is 1. The second kappa shape index (κ2) is 3.36. The van der Waals surface area contributed by atoms with E-state index in [1.807, 2.05) is 20.8 Å². The van der Waals surface area contributed by atoms with E-state index in [2.05, 4.69) is 5.32 Å². The van der Waals surface area contributed by atoms with Crippen LogP contribution in [0.3, 0.4) is 0 Å². The van der Waals surface area contributed by atoms with Crippen molar-refractivity contribution >= 4 is 11.9 Å². The molecular formula is C9H16N2O2. The van der Waals surface area contributed by atoms with Gasteiger partial charge in [0, 0.05) is 6.54 Å². The molecule has 0 bridgehead atoms. The molecule has 1 heterocycles. The first-order valence-corrected chi connectivity index (χ1v) is 4.75. The third kappa shape index (κ3) is 1.20. The zero-order valence-electron chi connectivity index (χ0n) is 8.39. The first-order valence-electron chi connectivity index (χ1n) is 4.75. The van der Waals surface area contributed by atoms with Crippen molar-refractivity contribution in [2.45, 2.75) is 39.2 Å². The molecule has 1 saturated heterocycles. The molecule has 1 aliphatic rings. The average molecular weight is 184 g/mol. The molecule has 0 aliphatic carbocycles. The van der Waals surface area contributed by atoms with Gasteiger partial charge < -0.3 is 4.90 Å². The van der Waals surface area contributed by atoms with Crippen LogP contribution in [0.15, 0.2) is 0 Å². The van der Waals surface area contributed by atoms with Gasteiger partial charge in [-0.05, 0) is 19.8 Å². The number of nitrogens with one attached hydrogen (secondary N) is 1. The van der Waals surface area contributed by atoms with E-state index in [4.69, 9.17) is 0 Å². The zero-order valence-corrected chi connectivity index (χ0v) is 8.39. The van der Waals surface area contributed by atoms with Crippen LogP contribution >= 0.6 is 0 Å². The van der Waals surface area contributed by atoms with E-state index in [1.54, 1.807) is 4.90 Å². The Morgan fingerprint density at radius 3 is 2.08 bits per heavy atom. The summed E-state index contributed by atoms with van der Waals surface area (Å²) in [6.45, 7) is 6.34. The number of rotatable bonds is 3. The molecule has 1 rings (SSSR count).